The maximum Gasteiger partial charge on any atom is 0.161 e. The molecule has 0 aliphatic carbocycles. The van der Waals surface area contributed by atoms with E-state index in [4.69, 9.17) is 18.9 Å². The highest BCUT2D eigenvalue weighted by Crippen LogP contribution is 2.37. The zero-order valence-electron chi connectivity index (χ0n) is 14.6. The molecule has 2 rings (SSSR count). The Morgan fingerprint density at radius 3 is 2.00 bits per heavy atom. The molecule has 0 radical (unpaired) electrons. The number of halogens is 1. The molecular formula is C19H20BrNO4. The van der Waals surface area contributed by atoms with Gasteiger partial charge in [-0.2, -0.15) is 5.26 Å². The van der Waals surface area contributed by atoms with Crippen molar-refractivity contribution in [3.8, 4) is 29.1 Å². The zero-order chi connectivity index (χ0) is 18.4. The Bertz CT molecular complexity index is 786. The van der Waals surface area contributed by atoms with Gasteiger partial charge in [0.05, 0.1) is 40.4 Å². The monoisotopic (exact) mass is 405 g/mol. The van der Waals surface area contributed by atoms with Crippen LogP contribution in [0.2, 0.25) is 0 Å². The van der Waals surface area contributed by atoms with Crippen molar-refractivity contribution in [2.24, 2.45) is 0 Å². The fourth-order valence-electron chi connectivity index (χ4n) is 2.58. The van der Waals surface area contributed by atoms with E-state index in [0.29, 0.717) is 29.4 Å². The summed E-state index contributed by atoms with van der Waals surface area (Å²) in [4.78, 5) is 0. The van der Waals surface area contributed by atoms with Gasteiger partial charge in [0.1, 0.15) is 0 Å². The van der Waals surface area contributed by atoms with Gasteiger partial charge in [0.15, 0.2) is 23.0 Å². The van der Waals surface area contributed by atoms with Gasteiger partial charge in [0, 0.05) is 4.47 Å². The molecule has 1 atom stereocenters. The number of benzene rings is 2. The molecule has 0 aliphatic heterocycles. The predicted molar refractivity (Wildman–Crippen MR) is 98.9 cm³/mol. The van der Waals surface area contributed by atoms with Crippen LogP contribution in [0.15, 0.2) is 34.8 Å². The number of nitriles is 1. The molecule has 0 heterocycles. The second-order valence-corrected chi connectivity index (χ2v) is 6.15. The van der Waals surface area contributed by atoms with E-state index in [1.165, 1.54) is 0 Å². The van der Waals surface area contributed by atoms with E-state index in [1.54, 1.807) is 28.4 Å². The molecule has 0 aliphatic rings. The summed E-state index contributed by atoms with van der Waals surface area (Å²) in [5.41, 5.74) is 1.82. The molecule has 0 bridgehead atoms. The Balaban J connectivity index is 2.36. The lowest BCUT2D eigenvalue weighted by Crippen LogP contribution is -2.03. The Kier molecular flexibility index (Phi) is 6.54. The number of hydrogen-bond acceptors (Lipinski definition) is 5. The number of methoxy groups -OCH3 is 4. The molecule has 0 aromatic heterocycles. The summed E-state index contributed by atoms with van der Waals surface area (Å²) in [5.74, 6) is 2.17. The van der Waals surface area contributed by atoms with Crippen molar-refractivity contribution in [3.05, 3.63) is 45.9 Å². The molecule has 0 saturated carbocycles. The van der Waals surface area contributed by atoms with Gasteiger partial charge < -0.3 is 18.9 Å². The molecule has 0 amide bonds. The van der Waals surface area contributed by atoms with Crippen molar-refractivity contribution in [2.45, 2.75) is 12.3 Å². The largest absolute Gasteiger partial charge is 0.493 e. The van der Waals surface area contributed by atoms with Crippen LogP contribution < -0.4 is 18.9 Å². The Morgan fingerprint density at radius 1 is 0.880 bits per heavy atom. The van der Waals surface area contributed by atoms with E-state index < -0.39 is 0 Å². The standard InChI is InChI=1S/C19H20BrNO4/c1-22-16-6-5-12(8-17(16)23-2)14(11-21)7-13-9-18(24-3)19(25-4)10-15(13)20/h5-6,8-10,14H,7H2,1-4H3/t14-/m0/s1. The summed E-state index contributed by atoms with van der Waals surface area (Å²) in [7, 11) is 6.34. The normalized spacial score (nSPS) is 11.4. The molecule has 0 fully saturated rings. The third kappa shape index (κ3) is 4.18. The molecule has 0 unspecified atom stereocenters. The quantitative estimate of drug-likeness (QED) is 0.685. The number of hydrogen-bond donors (Lipinski definition) is 0. The third-order valence-electron chi connectivity index (χ3n) is 3.94. The second-order valence-electron chi connectivity index (χ2n) is 5.30. The molecule has 0 saturated heterocycles. The van der Waals surface area contributed by atoms with Crippen LogP contribution in [0, 0.1) is 11.3 Å². The number of rotatable bonds is 7. The molecule has 6 heteroatoms. The zero-order valence-corrected chi connectivity index (χ0v) is 16.2. The van der Waals surface area contributed by atoms with Crippen LogP contribution in [0.25, 0.3) is 0 Å². The summed E-state index contributed by atoms with van der Waals surface area (Å²) in [6.45, 7) is 0. The first-order valence-corrected chi connectivity index (χ1v) is 8.39. The fourth-order valence-corrected chi connectivity index (χ4v) is 3.06. The first kappa shape index (κ1) is 18.9. The van der Waals surface area contributed by atoms with Crippen LogP contribution in [-0.2, 0) is 6.42 Å². The van der Waals surface area contributed by atoms with E-state index in [2.05, 4.69) is 22.0 Å². The molecule has 25 heavy (non-hydrogen) atoms. The molecule has 2 aromatic rings. The van der Waals surface area contributed by atoms with Crippen molar-refractivity contribution in [3.63, 3.8) is 0 Å². The minimum absolute atomic E-state index is 0.339. The Hall–Kier alpha value is -2.39. The lowest BCUT2D eigenvalue weighted by molar-refractivity contribution is 0.354. The van der Waals surface area contributed by atoms with Gasteiger partial charge in [-0.15, -0.1) is 0 Å². The highest BCUT2D eigenvalue weighted by atomic mass is 79.9. The first-order valence-electron chi connectivity index (χ1n) is 7.59. The van der Waals surface area contributed by atoms with E-state index in [1.807, 2.05) is 30.3 Å². The van der Waals surface area contributed by atoms with Crippen LogP contribution >= 0.6 is 15.9 Å². The van der Waals surface area contributed by atoms with Crippen LogP contribution in [0.1, 0.15) is 17.0 Å². The summed E-state index contributed by atoms with van der Waals surface area (Å²) in [6.07, 6.45) is 0.521. The smallest absolute Gasteiger partial charge is 0.161 e. The van der Waals surface area contributed by atoms with E-state index >= 15 is 0 Å². The van der Waals surface area contributed by atoms with Gasteiger partial charge in [-0.25, -0.2) is 0 Å². The van der Waals surface area contributed by atoms with Gasteiger partial charge in [-0.05, 0) is 41.8 Å². The van der Waals surface area contributed by atoms with Crippen molar-refractivity contribution in [1.82, 2.24) is 0 Å². The highest BCUT2D eigenvalue weighted by Gasteiger charge is 2.18. The van der Waals surface area contributed by atoms with E-state index in [-0.39, 0.29) is 5.92 Å². The molecule has 132 valence electrons. The van der Waals surface area contributed by atoms with E-state index in [9.17, 15) is 5.26 Å². The first-order chi connectivity index (χ1) is 12.1. The number of ether oxygens (including phenoxy) is 4. The van der Waals surface area contributed by atoms with Gasteiger partial charge in [0.25, 0.3) is 0 Å². The van der Waals surface area contributed by atoms with Crippen molar-refractivity contribution >= 4 is 15.9 Å². The molecular weight excluding hydrogens is 386 g/mol. The van der Waals surface area contributed by atoms with Crippen LogP contribution in [0.3, 0.4) is 0 Å². The van der Waals surface area contributed by atoms with Crippen molar-refractivity contribution < 1.29 is 18.9 Å². The fraction of sp³-hybridized carbons (Fsp3) is 0.316. The Labute approximate surface area is 156 Å². The topological polar surface area (TPSA) is 60.7 Å². The maximum atomic E-state index is 9.66. The second kappa shape index (κ2) is 8.63. The van der Waals surface area contributed by atoms with Crippen LogP contribution in [0.5, 0.6) is 23.0 Å². The van der Waals surface area contributed by atoms with Crippen molar-refractivity contribution in [1.29, 1.82) is 5.26 Å². The third-order valence-corrected chi connectivity index (χ3v) is 4.68. The van der Waals surface area contributed by atoms with Crippen molar-refractivity contribution in [2.75, 3.05) is 28.4 Å². The summed E-state index contributed by atoms with van der Waals surface area (Å²) in [5, 5.41) is 9.66. The molecule has 0 N–H and O–H groups in total. The van der Waals surface area contributed by atoms with Gasteiger partial charge >= 0.3 is 0 Å². The van der Waals surface area contributed by atoms with Gasteiger partial charge in [-0.1, -0.05) is 22.0 Å². The Morgan fingerprint density at radius 2 is 1.44 bits per heavy atom. The SMILES string of the molecule is COc1ccc([C@H](C#N)Cc2cc(OC)c(OC)cc2Br)cc1OC. The molecule has 2 aromatic carbocycles. The highest BCUT2D eigenvalue weighted by molar-refractivity contribution is 9.10. The minimum atomic E-state index is -0.339. The molecule has 5 nitrogen and oxygen atoms in total. The summed E-state index contributed by atoms with van der Waals surface area (Å²) in [6, 6.07) is 11.6. The van der Waals surface area contributed by atoms with Crippen LogP contribution in [0.4, 0.5) is 0 Å². The summed E-state index contributed by atoms with van der Waals surface area (Å²) < 4.78 is 22.1. The predicted octanol–water partition coefficient (Wildman–Crippen LogP) is 4.33. The van der Waals surface area contributed by atoms with E-state index in [0.717, 1.165) is 15.6 Å². The molecule has 0 spiro atoms. The van der Waals surface area contributed by atoms with Gasteiger partial charge in [-0.3, -0.25) is 0 Å². The summed E-state index contributed by atoms with van der Waals surface area (Å²) >= 11 is 3.54. The minimum Gasteiger partial charge on any atom is -0.493 e. The lowest BCUT2D eigenvalue weighted by atomic mass is 9.92. The van der Waals surface area contributed by atoms with Crippen LogP contribution in [-0.4, -0.2) is 28.4 Å². The maximum absolute atomic E-state index is 9.66. The average Bonchev–Trinajstić information content (AvgIpc) is 2.66. The van der Waals surface area contributed by atoms with Gasteiger partial charge in [0.2, 0.25) is 0 Å². The lowest BCUT2D eigenvalue weighted by Gasteiger charge is -2.16. The average molecular weight is 406 g/mol. The number of nitrogens with zero attached hydrogens (tertiary/aromatic N) is 1.